The molecular formula is C16H14ClF2N3O2S. The number of hydrogen-bond acceptors (Lipinski definition) is 4. The predicted octanol–water partition coefficient (Wildman–Crippen LogP) is 3.57. The monoisotopic (exact) mass is 385 g/mol. The summed E-state index contributed by atoms with van der Waals surface area (Å²) in [4.78, 5) is -0.0404. The maximum atomic E-state index is 13.8. The number of para-hydroxylation sites is 1. The Bertz CT molecular complexity index is 948. The maximum Gasteiger partial charge on any atom is 0.287 e. The van der Waals surface area contributed by atoms with Gasteiger partial charge in [0, 0.05) is 17.7 Å². The zero-order chi connectivity index (χ0) is 18.0. The van der Waals surface area contributed by atoms with E-state index in [0.29, 0.717) is 11.1 Å². The first-order chi connectivity index (χ1) is 11.9. The molecule has 0 amide bonds. The molecule has 3 rings (SSSR count). The van der Waals surface area contributed by atoms with Crippen molar-refractivity contribution in [1.82, 2.24) is 5.32 Å². The van der Waals surface area contributed by atoms with Crippen molar-refractivity contribution in [3.05, 3.63) is 47.2 Å². The summed E-state index contributed by atoms with van der Waals surface area (Å²) in [6.07, 6.45) is 0.213. The van der Waals surface area contributed by atoms with Gasteiger partial charge in [-0.2, -0.15) is 8.42 Å². The number of rotatable bonds is 4. The van der Waals surface area contributed by atoms with E-state index < -0.39 is 22.5 Å². The van der Waals surface area contributed by atoms with Gasteiger partial charge in [0.05, 0.1) is 17.4 Å². The molecule has 132 valence electrons. The van der Waals surface area contributed by atoms with Gasteiger partial charge in [0.25, 0.3) is 10.0 Å². The van der Waals surface area contributed by atoms with E-state index in [9.17, 15) is 17.2 Å². The third kappa shape index (κ3) is 3.45. The van der Waals surface area contributed by atoms with Crippen LogP contribution in [0.1, 0.15) is 6.42 Å². The van der Waals surface area contributed by atoms with Crippen LogP contribution in [0.5, 0.6) is 0 Å². The van der Waals surface area contributed by atoms with E-state index in [1.54, 1.807) is 12.1 Å². The molecule has 9 heteroatoms. The number of alkyl halides is 1. The highest BCUT2D eigenvalue weighted by Gasteiger charge is 2.28. The standard InChI is InChI=1S/C16H14ClF2N3O2S/c17-14-10(4-1-6-12(14)19)11-5-2-7-13-15(11)21-16(20-9-3-8-18)22-25(13,23)24/h1-2,4-7H,3,8-9H2,(H2,20,21,22). The number of fused-ring (bicyclic) bond motifs is 1. The molecule has 0 bridgehead atoms. The number of nitrogens with zero attached hydrogens (tertiary/aromatic N) is 1. The molecule has 0 saturated carbocycles. The average Bonchev–Trinajstić information content (AvgIpc) is 2.57. The zero-order valence-corrected chi connectivity index (χ0v) is 14.5. The summed E-state index contributed by atoms with van der Waals surface area (Å²) >= 11 is 6.04. The van der Waals surface area contributed by atoms with Gasteiger partial charge < -0.3 is 10.6 Å². The normalized spacial score (nSPS) is 15.1. The molecule has 0 spiro atoms. The molecule has 2 aromatic rings. The van der Waals surface area contributed by atoms with Crippen molar-refractivity contribution < 1.29 is 17.2 Å². The molecule has 0 unspecified atom stereocenters. The molecule has 0 radical (unpaired) electrons. The van der Waals surface area contributed by atoms with Crippen molar-refractivity contribution in [1.29, 1.82) is 0 Å². The van der Waals surface area contributed by atoms with E-state index in [2.05, 4.69) is 15.0 Å². The van der Waals surface area contributed by atoms with Gasteiger partial charge in [-0.3, -0.25) is 4.39 Å². The van der Waals surface area contributed by atoms with E-state index in [1.165, 1.54) is 24.3 Å². The summed E-state index contributed by atoms with van der Waals surface area (Å²) in [7, 11) is -3.95. The molecule has 25 heavy (non-hydrogen) atoms. The van der Waals surface area contributed by atoms with E-state index >= 15 is 0 Å². The van der Waals surface area contributed by atoms with Crippen LogP contribution in [-0.2, 0) is 10.0 Å². The quantitative estimate of drug-likeness (QED) is 0.789. The van der Waals surface area contributed by atoms with Crippen LogP contribution in [0, 0.1) is 5.82 Å². The molecule has 1 heterocycles. The van der Waals surface area contributed by atoms with Crippen LogP contribution < -0.4 is 10.6 Å². The Labute approximate surface area is 148 Å². The molecule has 2 N–H and O–H groups in total. The Balaban J connectivity index is 2.09. The third-order valence-corrected chi connectivity index (χ3v) is 5.31. The number of halogens is 3. The molecule has 1 aliphatic heterocycles. The summed E-state index contributed by atoms with van der Waals surface area (Å²) in [6, 6.07) is 8.87. The van der Waals surface area contributed by atoms with Crippen LogP contribution >= 0.6 is 11.6 Å². The number of sulfonamides is 1. The highest BCUT2D eigenvalue weighted by atomic mass is 35.5. The largest absolute Gasteiger partial charge is 0.355 e. The number of anilines is 1. The fourth-order valence-corrected chi connectivity index (χ4v) is 3.82. The topological polar surface area (TPSA) is 70.6 Å². The van der Waals surface area contributed by atoms with Crippen LogP contribution in [-0.4, -0.2) is 27.6 Å². The van der Waals surface area contributed by atoms with Gasteiger partial charge in [-0.05, 0) is 18.6 Å². The van der Waals surface area contributed by atoms with E-state index in [-0.39, 0.29) is 34.5 Å². The SMILES string of the molecule is O=S1(=O)N=C(NCCCF)Nc2c(-c3cccc(F)c3Cl)cccc21. The van der Waals surface area contributed by atoms with Crippen molar-refractivity contribution in [3.8, 4) is 11.1 Å². The van der Waals surface area contributed by atoms with Crippen LogP contribution in [0.25, 0.3) is 11.1 Å². The number of hydrogen-bond donors (Lipinski definition) is 2. The van der Waals surface area contributed by atoms with Crippen molar-refractivity contribution in [2.24, 2.45) is 4.40 Å². The number of guanidine groups is 1. The Morgan fingerprint density at radius 1 is 1.16 bits per heavy atom. The van der Waals surface area contributed by atoms with Crippen molar-refractivity contribution in [2.45, 2.75) is 11.3 Å². The van der Waals surface area contributed by atoms with E-state index in [4.69, 9.17) is 11.6 Å². The molecule has 2 aromatic carbocycles. The number of benzene rings is 2. The summed E-state index contributed by atoms with van der Waals surface area (Å²) in [5, 5.41) is 5.51. The smallest absolute Gasteiger partial charge is 0.287 e. The second-order valence-electron chi connectivity index (χ2n) is 5.29. The Morgan fingerprint density at radius 2 is 1.88 bits per heavy atom. The van der Waals surface area contributed by atoms with Crippen LogP contribution in [0.4, 0.5) is 14.5 Å². The lowest BCUT2D eigenvalue weighted by molar-refractivity contribution is 0.471. The molecule has 0 aliphatic carbocycles. The fraction of sp³-hybridized carbons (Fsp3) is 0.188. The minimum atomic E-state index is -3.95. The van der Waals surface area contributed by atoms with Crippen LogP contribution in [0.2, 0.25) is 5.02 Å². The highest BCUT2D eigenvalue weighted by molar-refractivity contribution is 7.90. The van der Waals surface area contributed by atoms with Crippen molar-refractivity contribution in [2.75, 3.05) is 18.5 Å². The summed E-state index contributed by atoms with van der Waals surface area (Å²) in [5.41, 5.74) is 1.02. The second-order valence-corrected chi connectivity index (χ2v) is 7.24. The van der Waals surface area contributed by atoms with Gasteiger partial charge >= 0.3 is 0 Å². The van der Waals surface area contributed by atoms with Gasteiger partial charge in [0.1, 0.15) is 10.7 Å². The zero-order valence-electron chi connectivity index (χ0n) is 12.9. The van der Waals surface area contributed by atoms with Gasteiger partial charge in [-0.1, -0.05) is 35.9 Å². The molecule has 1 aliphatic rings. The van der Waals surface area contributed by atoms with E-state index in [1.807, 2.05) is 0 Å². The average molecular weight is 386 g/mol. The summed E-state index contributed by atoms with van der Waals surface area (Å²) in [6.45, 7) is -0.316. The van der Waals surface area contributed by atoms with Crippen LogP contribution in [0.3, 0.4) is 0 Å². The number of nitrogens with one attached hydrogen (secondary N) is 2. The second kappa shape index (κ2) is 6.97. The molecule has 5 nitrogen and oxygen atoms in total. The lowest BCUT2D eigenvalue weighted by atomic mass is 10.0. The Morgan fingerprint density at radius 3 is 2.64 bits per heavy atom. The fourth-order valence-electron chi connectivity index (χ4n) is 2.47. The maximum absolute atomic E-state index is 13.8. The molecular weight excluding hydrogens is 372 g/mol. The first-order valence-electron chi connectivity index (χ1n) is 7.43. The first kappa shape index (κ1) is 17.6. The highest BCUT2D eigenvalue weighted by Crippen LogP contribution is 2.39. The minimum absolute atomic E-state index is 0.0130. The van der Waals surface area contributed by atoms with Gasteiger partial charge in [-0.15, -0.1) is 4.40 Å². The lowest BCUT2D eigenvalue weighted by Gasteiger charge is -2.22. The lowest BCUT2D eigenvalue weighted by Crippen LogP contribution is -2.35. The van der Waals surface area contributed by atoms with Gasteiger partial charge in [-0.25, -0.2) is 4.39 Å². The van der Waals surface area contributed by atoms with Crippen LogP contribution in [0.15, 0.2) is 45.7 Å². The van der Waals surface area contributed by atoms with Gasteiger partial charge in [0.2, 0.25) is 5.96 Å². The molecule has 0 aromatic heterocycles. The summed E-state index contributed by atoms with van der Waals surface area (Å²) < 4.78 is 54.5. The van der Waals surface area contributed by atoms with Crippen molar-refractivity contribution in [3.63, 3.8) is 0 Å². The Hall–Kier alpha value is -2.19. The Kier molecular flexibility index (Phi) is 4.91. The predicted molar refractivity (Wildman–Crippen MR) is 93.7 cm³/mol. The molecule has 0 fully saturated rings. The molecule has 0 atom stereocenters. The van der Waals surface area contributed by atoms with E-state index in [0.717, 1.165) is 0 Å². The van der Waals surface area contributed by atoms with Gasteiger partial charge in [0.15, 0.2) is 0 Å². The minimum Gasteiger partial charge on any atom is -0.355 e. The third-order valence-electron chi connectivity index (χ3n) is 3.60. The van der Waals surface area contributed by atoms with Crippen molar-refractivity contribution >= 4 is 33.3 Å². The molecule has 0 saturated heterocycles. The summed E-state index contributed by atoms with van der Waals surface area (Å²) in [5.74, 6) is -0.619. The first-order valence-corrected chi connectivity index (χ1v) is 9.25.